The van der Waals surface area contributed by atoms with E-state index in [1.54, 1.807) is 0 Å². The van der Waals surface area contributed by atoms with Gasteiger partial charge in [-0.2, -0.15) is 36.3 Å². The molecule has 0 aliphatic rings. The highest BCUT2D eigenvalue weighted by Gasteiger charge is 2.33. The van der Waals surface area contributed by atoms with E-state index in [2.05, 4.69) is 35.2 Å². The van der Waals surface area contributed by atoms with Gasteiger partial charge in [0.15, 0.2) is 11.6 Å². The van der Waals surface area contributed by atoms with E-state index in [9.17, 15) is 31.4 Å². The third kappa shape index (κ3) is 5.00. The predicted octanol–water partition coefficient (Wildman–Crippen LogP) is 4.88. The second kappa shape index (κ2) is 8.53. The second-order valence-electron chi connectivity index (χ2n) is 6.66. The molecule has 4 aromatic heterocycles. The quantitative estimate of drug-likeness (QED) is 0.399. The van der Waals surface area contributed by atoms with Crippen molar-refractivity contribution in [3.05, 3.63) is 66.4 Å². The summed E-state index contributed by atoms with van der Waals surface area (Å²) >= 11 is 0. The molecule has 0 aliphatic carbocycles. The zero-order valence-electron chi connectivity index (χ0n) is 16.6. The number of aromatic hydroxyl groups is 1. The number of nitrogens with zero attached hydrogens (tertiary/aromatic N) is 6. The van der Waals surface area contributed by atoms with Crippen molar-refractivity contribution in [2.24, 2.45) is 0 Å². The van der Waals surface area contributed by atoms with Crippen molar-refractivity contribution in [1.82, 2.24) is 29.9 Å². The van der Waals surface area contributed by atoms with Crippen LogP contribution < -0.4 is 5.32 Å². The number of hydrogen-bond acceptors (Lipinski definition) is 8. The minimum Gasteiger partial charge on any atom is -0.507 e. The standard InChI is InChI=1S/C20H11F6N7O/c21-19(22,23)14-3-1-2-12(30-14)17-31-16(11-9-27-6-5-13(11)34)32-18(33-17)29-10-4-7-28-15(8-10)20(24,25)26/h1-9H,(H,27,34)(H,28,29,31,32,33). The van der Waals surface area contributed by atoms with E-state index in [1.165, 1.54) is 30.6 Å². The fourth-order valence-electron chi connectivity index (χ4n) is 2.74. The first-order chi connectivity index (χ1) is 16.0. The van der Waals surface area contributed by atoms with Gasteiger partial charge < -0.3 is 10.4 Å². The molecule has 14 heteroatoms. The summed E-state index contributed by atoms with van der Waals surface area (Å²) in [5, 5.41) is 12.7. The van der Waals surface area contributed by atoms with Gasteiger partial charge in [-0.1, -0.05) is 6.07 Å². The Bertz CT molecular complexity index is 1340. The Balaban J connectivity index is 1.83. The van der Waals surface area contributed by atoms with Crippen LogP contribution in [0.4, 0.5) is 38.0 Å². The van der Waals surface area contributed by atoms with Crippen LogP contribution >= 0.6 is 0 Å². The molecule has 0 bridgehead atoms. The number of halogens is 6. The molecule has 4 heterocycles. The molecule has 0 atom stereocenters. The smallest absolute Gasteiger partial charge is 0.433 e. The van der Waals surface area contributed by atoms with E-state index in [1.807, 2.05) is 0 Å². The average molecular weight is 479 g/mol. The van der Waals surface area contributed by atoms with Gasteiger partial charge >= 0.3 is 12.4 Å². The van der Waals surface area contributed by atoms with Crippen molar-refractivity contribution >= 4 is 11.6 Å². The van der Waals surface area contributed by atoms with Crippen LogP contribution in [0, 0.1) is 0 Å². The Morgan fingerprint density at radius 1 is 0.765 bits per heavy atom. The first-order valence-corrected chi connectivity index (χ1v) is 9.25. The molecular weight excluding hydrogens is 468 g/mol. The molecule has 34 heavy (non-hydrogen) atoms. The Hall–Kier alpha value is -4.36. The van der Waals surface area contributed by atoms with E-state index in [0.29, 0.717) is 6.07 Å². The Morgan fingerprint density at radius 3 is 2.21 bits per heavy atom. The third-order valence-corrected chi connectivity index (χ3v) is 4.25. The van der Waals surface area contributed by atoms with Gasteiger partial charge in [-0.05, 0) is 30.3 Å². The number of rotatable bonds is 4. The topological polar surface area (TPSA) is 110 Å². The molecule has 0 unspecified atom stereocenters. The van der Waals surface area contributed by atoms with Gasteiger partial charge in [0.2, 0.25) is 5.95 Å². The van der Waals surface area contributed by atoms with Crippen molar-refractivity contribution in [2.75, 3.05) is 5.32 Å². The maximum atomic E-state index is 13.1. The highest BCUT2D eigenvalue weighted by molar-refractivity contribution is 5.67. The normalized spacial score (nSPS) is 11.9. The lowest BCUT2D eigenvalue weighted by molar-refractivity contribution is -0.141. The van der Waals surface area contributed by atoms with Gasteiger partial charge in [-0.25, -0.2) is 9.97 Å². The van der Waals surface area contributed by atoms with Crippen LogP contribution in [0.2, 0.25) is 0 Å². The SMILES string of the molecule is Oc1ccncc1-c1nc(Nc2ccnc(C(F)(F)F)c2)nc(-c2cccc(C(F)(F)F)n2)n1. The molecule has 0 spiro atoms. The van der Waals surface area contributed by atoms with Crippen LogP contribution in [0.3, 0.4) is 0 Å². The van der Waals surface area contributed by atoms with Gasteiger partial charge in [0.05, 0.1) is 5.56 Å². The first kappa shape index (κ1) is 22.8. The molecule has 0 aliphatic heterocycles. The number of alkyl halides is 6. The van der Waals surface area contributed by atoms with Crippen LogP contribution in [0.25, 0.3) is 22.9 Å². The maximum Gasteiger partial charge on any atom is 0.433 e. The molecule has 4 rings (SSSR count). The minimum atomic E-state index is -4.74. The highest BCUT2D eigenvalue weighted by Crippen LogP contribution is 2.32. The van der Waals surface area contributed by atoms with Crippen LogP contribution in [0.1, 0.15) is 11.4 Å². The summed E-state index contributed by atoms with van der Waals surface area (Å²) in [7, 11) is 0. The minimum absolute atomic E-state index is 0.00637. The first-order valence-electron chi connectivity index (χ1n) is 9.25. The van der Waals surface area contributed by atoms with Crippen LogP contribution in [-0.2, 0) is 12.4 Å². The van der Waals surface area contributed by atoms with E-state index >= 15 is 0 Å². The van der Waals surface area contributed by atoms with Crippen LogP contribution in [-0.4, -0.2) is 35.0 Å². The Labute approximate surface area is 186 Å². The fraction of sp³-hybridized carbons (Fsp3) is 0.100. The number of hydrogen-bond donors (Lipinski definition) is 2. The molecule has 4 aromatic rings. The molecule has 0 radical (unpaired) electrons. The van der Waals surface area contributed by atoms with E-state index in [-0.39, 0.29) is 40.3 Å². The molecular formula is C20H11F6N7O. The Morgan fingerprint density at radius 2 is 1.50 bits per heavy atom. The van der Waals surface area contributed by atoms with E-state index in [4.69, 9.17) is 0 Å². The van der Waals surface area contributed by atoms with Crippen molar-refractivity contribution in [2.45, 2.75) is 12.4 Å². The number of nitrogens with one attached hydrogen (secondary N) is 1. The largest absolute Gasteiger partial charge is 0.507 e. The van der Waals surface area contributed by atoms with Gasteiger partial charge in [0.25, 0.3) is 0 Å². The van der Waals surface area contributed by atoms with Crippen molar-refractivity contribution in [3.8, 4) is 28.7 Å². The Kier molecular flexibility index (Phi) is 5.73. The molecule has 0 fully saturated rings. The van der Waals surface area contributed by atoms with Gasteiger partial charge in [-0.3, -0.25) is 9.97 Å². The molecule has 0 amide bonds. The monoisotopic (exact) mass is 479 g/mol. The molecule has 174 valence electrons. The third-order valence-electron chi connectivity index (χ3n) is 4.25. The summed E-state index contributed by atoms with van der Waals surface area (Å²) in [4.78, 5) is 22.8. The lowest BCUT2D eigenvalue weighted by atomic mass is 10.2. The van der Waals surface area contributed by atoms with E-state index in [0.717, 1.165) is 18.3 Å². The zero-order valence-corrected chi connectivity index (χ0v) is 16.6. The van der Waals surface area contributed by atoms with Gasteiger partial charge in [-0.15, -0.1) is 0 Å². The highest BCUT2D eigenvalue weighted by atomic mass is 19.4. The predicted molar refractivity (Wildman–Crippen MR) is 105 cm³/mol. The van der Waals surface area contributed by atoms with Crippen molar-refractivity contribution < 1.29 is 31.4 Å². The van der Waals surface area contributed by atoms with E-state index < -0.39 is 23.7 Å². The number of aromatic nitrogens is 6. The van der Waals surface area contributed by atoms with Gasteiger partial charge in [0, 0.05) is 24.3 Å². The molecule has 2 N–H and O–H groups in total. The van der Waals surface area contributed by atoms with Crippen molar-refractivity contribution in [3.63, 3.8) is 0 Å². The van der Waals surface area contributed by atoms with Crippen molar-refractivity contribution in [1.29, 1.82) is 0 Å². The summed E-state index contributed by atoms with van der Waals surface area (Å²) in [6, 6.07) is 6.22. The number of pyridine rings is 3. The summed E-state index contributed by atoms with van der Waals surface area (Å²) in [5.41, 5.74) is -2.76. The lowest BCUT2D eigenvalue weighted by Gasteiger charge is -2.12. The molecule has 8 nitrogen and oxygen atoms in total. The molecule has 0 aromatic carbocycles. The van der Waals surface area contributed by atoms with Crippen LogP contribution in [0.15, 0.2) is 55.0 Å². The summed E-state index contributed by atoms with van der Waals surface area (Å²) in [6.45, 7) is 0. The van der Waals surface area contributed by atoms with Crippen LogP contribution in [0.5, 0.6) is 5.75 Å². The molecule has 0 saturated carbocycles. The summed E-state index contributed by atoms with van der Waals surface area (Å²) in [6.07, 6.45) is -6.05. The second-order valence-corrected chi connectivity index (χ2v) is 6.66. The molecule has 0 saturated heterocycles. The lowest BCUT2D eigenvalue weighted by Crippen LogP contribution is -2.10. The summed E-state index contributed by atoms with van der Waals surface area (Å²) in [5.74, 6) is -1.14. The fourth-order valence-corrected chi connectivity index (χ4v) is 2.74. The summed E-state index contributed by atoms with van der Waals surface area (Å²) < 4.78 is 78.3. The number of anilines is 2. The van der Waals surface area contributed by atoms with Gasteiger partial charge in [0.1, 0.15) is 22.8 Å². The maximum absolute atomic E-state index is 13.1. The average Bonchev–Trinajstić information content (AvgIpc) is 2.78. The zero-order chi connectivity index (χ0) is 24.5.